The van der Waals surface area contributed by atoms with E-state index in [1.54, 1.807) is 6.92 Å². The van der Waals surface area contributed by atoms with E-state index >= 15 is 0 Å². The molecule has 1 aromatic rings. The summed E-state index contributed by atoms with van der Waals surface area (Å²) in [4.78, 5) is 23.7. The molecular formula is C16H17NO4. The van der Waals surface area contributed by atoms with Gasteiger partial charge in [-0.3, -0.25) is 4.79 Å². The van der Waals surface area contributed by atoms with E-state index in [0.717, 1.165) is 18.4 Å². The quantitative estimate of drug-likeness (QED) is 0.659. The number of ketones is 1. The zero-order valence-corrected chi connectivity index (χ0v) is 11.8. The molecule has 0 atom stereocenters. The Morgan fingerprint density at radius 2 is 2.05 bits per heavy atom. The Labute approximate surface area is 122 Å². The number of carbonyl (C=O) groups is 2. The number of nitrogens with one attached hydrogen (secondary N) is 1. The maximum Gasteiger partial charge on any atom is 0.347 e. The van der Waals surface area contributed by atoms with Gasteiger partial charge in [-0.1, -0.05) is 30.3 Å². The highest BCUT2D eigenvalue weighted by molar-refractivity contribution is 6.19. The van der Waals surface area contributed by atoms with Crippen LogP contribution in [-0.2, 0) is 24.6 Å². The summed E-state index contributed by atoms with van der Waals surface area (Å²) < 4.78 is 10.3. The van der Waals surface area contributed by atoms with Crippen LogP contribution in [0.25, 0.3) is 0 Å². The fourth-order valence-electron chi connectivity index (χ4n) is 2.50. The Balaban J connectivity index is 1.86. The van der Waals surface area contributed by atoms with Crippen LogP contribution in [0.1, 0.15) is 25.3 Å². The highest BCUT2D eigenvalue weighted by atomic mass is 16.5. The molecule has 0 aromatic heterocycles. The molecule has 0 spiro atoms. The summed E-state index contributed by atoms with van der Waals surface area (Å²) in [6.45, 7) is 1.83. The summed E-state index contributed by atoms with van der Waals surface area (Å²) in [6.07, 6.45) is 1.88. The number of hydrogen-bond donors (Lipinski definition) is 1. The first-order valence-corrected chi connectivity index (χ1v) is 7.07. The van der Waals surface area contributed by atoms with E-state index in [4.69, 9.17) is 9.47 Å². The van der Waals surface area contributed by atoms with Crippen molar-refractivity contribution in [3.05, 3.63) is 47.4 Å². The minimum atomic E-state index is -0.619. The van der Waals surface area contributed by atoms with E-state index in [-0.39, 0.29) is 36.0 Å². The van der Waals surface area contributed by atoms with E-state index in [0.29, 0.717) is 0 Å². The first-order valence-electron chi connectivity index (χ1n) is 7.07. The van der Waals surface area contributed by atoms with Crippen molar-refractivity contribution in [1.29, 1.82) is 0 Å². The minimum Gasteiger partial charge on any atom is -0.470 e. The molecule has 1 aliphatic carbocycles. The first-order chi connectivity index (χ1) is 10.2. The molecule has 1 saturated carbocycles. The topological polar surface area (TPSA) is 64.6 Å². The van der Waals surface area contributed by atoms with E-state index in [2.05, 4.69) is 5.32 Å². The van der Waals surface area contributed by atoms with E-state index < -0.39 is 5.97 Å². The zero-order valence-electron chi connectivity index (χ0n) is 11.8. The third-order valence-electron chi connectivity index (χ3n) is 3.76. The molecule has 1 aromatic carbocycles. The highest BCUT2D eigenvalue weighted by Gasteiger charge is 2.47. The van der Waals surface area contributed by atoms with Crippen molar-refractivity contribution in [2.24, 2.45) is 0 Å². The van der Waals surface area contributed by atoms with Gasteiger partial charge in [0.05, 0.1) is 12.1 Å². The summed E-state index contributed by atoms with van der Waals surface area (Å²) in [5, 5.41) is 3.24. The minimum absolute atomic E-state index is 0.000874. The molecular weight excluding hydrogens is 270 g/mol. The lowest BCUT2D eigenvalue weighted by molar-refractivity contribution is -0.139. The van der Waals surface area contributed by atoms with Gasteiger partial charge in [0.1, 0.15) is 0 Å². The lowest BCUT2D eigenvalue weighted by atomic mass is 10.0. The number of esters is 1. The number of carbonyl (C=O) groups excluding carboxylic acids is 2. The Morgan fingerprint density at radius 3 is 2.67 bits per heavy atom. The van der Waals surface area contributed by atoms with Crippen LogP contribution in [-0.4, -0.2) is 25.0 Å². The van der Waals surface area contributed by atoms with Crippen LogP contribution in [0, 0.1) is 0 Å². The molecule has 5 nitrogen and oxygen atoms in total. The van der Waals surface area contributed by atoms with Gasteiger partial charge in [0.25, 0.3) is 0 Å². The number of rotatable bonds is 5. The summed E-state index contributed by atoms with van der Waals surface area (Å²) in [6, 6.07) is 9.96. The number of hydrogen-bond acceptors (Lipinski definition) is 5. The molecule has 5 heteroatoms. The Morgan fingerprint density at radius 1 is 1.33 bits per heavy atom. The first kappa shape index (κ1) is 13.7. The second kappa shape index (κ2) is 5.24. The van der Waals surface area contributed by atoms with Gasteiger partial charge in [0.2, 0.25) is 11.7 Å². The maximum atomic E-state index is 11.9. The highest BCUT2D eigenvalue weighted by Crippen LogP contribution is 2.46. The number of Topliss-reactive ketones (excluding diaryl/α,β-unsaturated/α-hetero) is 1. The lowest BCUT2D eigenvalue weighted by Gasteiger charge is -2.20. The van der Waals surface area contributed by atoms with Crippen LogP contribution < -0.4 is 5.32 Å². The maximum absolute atomic E-state index is 11.9. The molecule has 1 fully saturated rings. The van der Waals surface area contributed by atoms with E-state index in [1.165, 1.54) is 0 Å². The van der Waals surface area contributed by atoms with Gasteiger partial charge in [-0.2, -0.15) is 0 Å². The van der Waals surface area contributed by atoms with Gasteiger partial charge in [-0.15, -0.1) is 0 Å². The molecule has 1 heterocycles. The van der Waals surface area contributed by atoms with Crippen LogP contribution in [0.15, 0.2) is 41.8 Å². The van der Waals surface area contributed by atoms with Crippen molar-refractivity contribution < 1.29 is 19.1 Å². The summed E-state index contributed by atoms with van der Waals surface area (Å²) >= 11 is 0. The molecule has 3 rings (SSSR count). The molecule has 1 N–H and O–H groups in total. The molecule has 0 radical (unpaired) electrons. The number of ether oxygens (including phenoxy) is 2. The van der Waals surface area contributed by atoms with Gasteiger partial charge in [0, 0.05) is 0 Å². The van der Waals surface area contributed by atoms with Crippen molar-refractivity contribution in [1.82, 2.24) is 5.32 Å². The standard InChI is InChI=1S/C16H17NO4/c1-2-20-15(19)13-12(18)10-21-14(13)17-16(8-9-16)11-6-4-3-5-7-11/h3-7,17H,2,8-10H2,1H3. The third kappa shape index (κ3) is 2.51. The second-order valence-corrected chi connectivity index (χ2v) is 5.21. The molecule has 110 valence electrons. The average molecular weight is 287 g/mol. The van der Waals surface area contributed by atoms with Gasteiger partial charge in [-0.25, -0.2) is 4.79 Å². The normalized spacial score (nSPS) is 19.2. The zero-order chi connectivity index (χ0) is 14.9. The van der Waals surface area contributed by atoms with Gasteiger partial charge in [0.15, 0.2) is 12.2 Å². The molecule has 0 saturated heterocycles. The van der Waals surface area contributed by atoms with Crippen LogP contribution in [0.2, 0.25) is 0 Å². The van der Waals surface area contributed by atoms with Crippen LogP contribution in [0.4, 0.5) is 0 Å². The Kier molecular flexibility index (Phi) is 3.41. The monoisotopic (exact) mass is 287 g/mol. The fourth-order valence-corrected chi connectivity index (χ4v) is 2.50. The lowest BCUT2D eigenvalue weighted by Crippen LogP contribution is -2.30. The summed E-state index contributed by atoms with van der Waals surface area (Å²) in [5.74, 6) is -0.703. The van der Waals surface area contributed by atoms with Crippen LogP contribution >= 0.6 is 0 Å². The molecule has 0 unspecified atom stereocenters. The predicted octanol–water partition coefficient (Wildman–Crippen LogP) is 1.64. The SMILES string of the molecule is CCOC(=O)C1=C(NC2(c3ccccc3)CC2)OCC1=O. The summed E-state index contributed by atoms with van der Waals surface area (Å²) in [7, 11) is 0. The Bertz CT molecular complexity index is 602. The van der Waals surface area contributed by atoms with Crippen LogP contribution in [0.5, 0.6) is 0 Å². The third-order valence-corrected chi connectivity index (χ3v) is 3.76. The van der Waals surface area contributed by atoms with E-state index in [1.807, 2.05) is 30.3 Å². The van der Waals surface area contributed by atoms with E-state index in [9.17, 15) is 9.59 Å². The van der Waals surface area contributed by atoms with Crippen molar-refractivity contribution in [3.8, 4) is 0 Å². The average Bonchev–Trinajstić information content (AvgIpc) is 3.18. The van der Waals surface area contributed by atoms with Gasteiger partial charge < -0.3 is 14.8 Å². The molecule has 0 amide bonds. The van der Waals surface area contributed by atoms with Crippen molar-refractivity contribution in [3.63, 3.8) is 0 Å². The van der Waals surface area contributed by atoms with Gasteiger partial charge in [-0.05, 0) is 25.3 Å². The molecule has 21 heavy (non-hydrogen) atoms. The predicted molar refractivity (Wildman–Crippen MR) is 75.1 cm³/mol. The fraction of sp³-hybridized carbons (Fsp3) is 0.375. The molecule has 2 aliphatic rings. The Hall–Kier alpha value is -2.30. The second-order valence-electron chi connectivity index (χ2n) is 5.21. The van der Waals surface area contributed by atoms with Crippen LogP contribution in [0.3, 0.4) is 0 Å². The summed E-state index contributed by atoms with van der Waals surface area (Å²) in [5.41, 5.74) is 0.890. The van der Waals surface area contributed by atoms with Crippen molar-refractivity contribution in [2.75, 3.05) is 13.2 Å². The smallest absolute Gasteiger partial charge is 0.347 e. The molecule has 0 bridgehead atoms. The van der Waals surface area contributed by atoms with Crippen molar-refractivity contribution in [2.45, 2.75) is 25.3 Å². The number of benzene rings is 1. The van der Waals surface area contributed by atoms with Crippen molar-refractivity contribution >= 4 is 11.8 Å². The largest absolute Gasteiger partial charge is 0.470 e. The molecule has 1 aliphatic heterocycles. The van der Waals surface area contributed by atoms with Gasteiger partial charge >= 0.3 is 5.97 Å².